The topological polar surface area (TPSA) is 49.1 Å². The van der Waals surface area contributed by atoms with Crippen molar-refractivity contribution in [2.24, 2.45) is 15.0 Å². The van der Waals surface area contributed by atoms with E-state index in [1.165, 1.54) is 11.1 Å². The quantitative estimate of drug-likeness (QED) is 0.680. The van der Waals surface area contributed by atoms with E-state index in [9.17, 15) is 0 Å². The van der Waals surface area contributed by atoms with Gasteiger partial charge < -0.3 is 5.32 Å². The Balaban J connectivity index is 0.000000443. The van der Waals surface area contributed by atoms with Gasteiger partial charge in [-0.05, 0) is 36.1 Å². The summed E-state index contributed by atoms with van der Waals surface area (Å²) >= 11 is 0. The van der Waals surface area contributed by atoms with Crippen molar-refractivity contribution in [1.29, 1.82) is 0 Å². The van der Waals surface area contributed by atoms with Crippen LogP contribution in [0.1, 0.15) is 52.7 Å². The molecular weight excluding hydrogens is 344 g/mol. The molecule has 1 aromatic carbocycles. The lowest BCUT2D eigenvalue weighted by atomic mass is 10.1. The number of nitrogens with zero attached hydrogens (tertiary/aromatic N) is 3. The molecule has 0 amide bonds. The largest absolute Gasteiger partial charge is 0.370 e. The zero-order valence-corrected chi connectivity index (χ0v) is 18.4. The minimum atomic E-state index is 0.649. The first kappa shape index (κ1) is 25.2. The predicted molar refractivity (Wildman–Crippen MR) is 127 cm³/mol. The number of nitrogens with one attached hydrogen (secondary N) is 1. The van der Waals surface area contributed by atoms with E-state index in [0.29, 0.717) is 6.54 Å². The number of amidine groups is 2. The smallest absolute Gasteiger partial charge is 0.120 e. The summed E-state index contributed by atoms with van der Waals surface area (Å²) in [7, 11) is 0. The van der Waals surface area contributed by atoms with Crippen molar-refractivity contribution in [3.63, 3.8) is 0 Å². The second kappa shape index (κ2) is 15.3. The highest BCUT2D eigenvalue weighted by molar-refractivity contribution is 5.96. The molecule has 1 aromatic rings. The van der Waals surface area contributed by atoms with Crippen molar-refractivity contribution in [3.8, 4) is 0 Å². The highest BCUT2D eigenvalue weighted by atomic mass is 15.0. The molecule has 4 heteroatoms. The number of hydrogen-bond donors (Lipinski definition) is 1. The molecule has 0 radical (unpaired) electrons. The number of aliphatic imine (C=N–C) groups is 3. The maximum absolute atomic E-state index is 4.37. The van der Waals surface area contributed by atoms with Gasteiger partial charge in [-0.2, -0.15) is 0 Å². The summed E-state index contributed by atoms with van der Waals surface area (Å²) in [5.41, 5.74) is 4.77. The molecule has 2 aliphatic rings. The molecule has 0 atom stereocenters. The van der Waals surface area contributed by atoms with Gasteiger partial charge in [0.15, 0.2) is 0 Å². The van der Waals surface area contributed by atoms with E-state index in [4.69, 9.17) is 0 Å². The molecule has 0 saturated carbocycles. The summed E-state index contributed by atoms with van der Waals surface area (Å²) in [4.78, 5) is 12.7. The Kier molecular flexibility index (Phi) is 13.8. The average Bonchev–Trinajstić information content (AvgIpc) is 3.07. The van der Waals surface area contributed by atoms with Crippen LogP contribution >= 0.6 is 0 Å². The molecular formula is C24H36N4. The van der Waals surface area contributed by atoms with Crippen molar-refractivity contribution in [2.45, 2.75) is 54.6 Å². The van der Waals surface area contributed by atoms with Crippen LogP contribution in [0.5, 0.6) is 0 Å². The third-order valence-electron chi connectivity index (χ3n) is 3.85. The summed E-state index contributed by atoms with van der Waals surface area (Å²) in [5, 5.41) is 3.25. The molecule has 0 saturated heterocycles. The number of rotatable bonds is 2. The first-order valence-corrected chi connectivity index (χ1v) is 9.99. The fourth-order valence-corrected chi connectivity index (χ4v) is 2.31. The molecule has 1 N–H and O–H groups in total. The molecule has 2 heterocycles. The minimum Gasteiger partial charge on any atom is -0.370 e. The number of benzene rings is 1. The lowest BCUT2D eigenvalue weighted by molar-refractivity contribution is 0.916. The Labute approximate surface area is 171 Å². The van der Waals surface area contributed by atoms with Crippen LogP contribution in [0, 0.1) is 0 Å². The van der Waals surface area contributed by atoms with Gasteiger partial charge in [-0.3, -0.25) is 9.98 Å². The van der Waals surface area contributed by atoms with Gasteiger partial charge in [-0.1, -0.05) is 77.3 Å². The van der Waals surface area contributed by atoms with Gasteiger partial charge >= 0.3 is 0 Å². The highest BCUT2D eigenvalue weighted by Gasteiger charge is 2.04. The van der Waals surface area contributed by atoms with Crippen molar-refractivity contribution >= 4 is 17.9 Å². The lowest BCUT2D eigenvalue weighted by Gasteiger charge is -2.03. The van der Waals surface area contributed by atoms with E-state index >= 15 is 0 Å². The van der Waals surface area contributed by atoms with Crippen LogP contribution in [0.25, 0.3) is 0 Å². The van der Waals surface area contributed by atoms with Crippen LogP contribution in [0.15, 0.2) is 75.7 Å². The fraction of sp³-hybridized carbons (Fsp3) is 0.375. The van der Waals surface area contributed by atoms with E-state index in [0.717, 1.165) is 35.9 Å². The molecule has 0 fully saturated rings. The second-order valence-electron chi connectivity index (χ2n) is 5.53. The van der Waals surface area contributed by atoms with Gasteiger partial charge in [0.05, 0.1) is 18.9 Å². The number of fused-ring (bicyclic) bond motifs is 1. The lowest BCUT2D eigenvalue weighted by Crippen LogP contribution is -2.17. The fourth-order valence-electron chi connectivity index (χ4n) is 2.31. The van der Waals surface area contributed by atoms with Crippen LogP contribution < -0.4 is 5.32 Å². The van der Waals surface area contributed by atoms with Crippen LogP contribution in [0.3, 0.4) is 0 Å². The second-order valence-corrected chi connectivity index (χ2v) is 5.53. The van der Waals surface area contributed by atoms with Gasteiger partial charge in [-0.25, -0.2) is 4.99 Å². The zero-order valence-electron chi connectivity index (χ0n) is 18.4. The standard InChI is InChI=1S/2C10H12N2.2C2H6/c1-8-11-6-9-4-2-3-5-10(9)7-12-8;1-4-9-6-11-8(3)12-7-10(9)5-2;2*1-2/h2-5H,6-7H2,1H3,(H,11,12);4-6H,1-2,7H2,3H3;2*1-2H3. The number of allylic oxidation sites excluding steroid dienone is 2. The molecule has 0 aromatic heterocycles. The Hall–Kier alpha value is -2.75. The Morgan fingerprint density at radius 3 is 2.14 bits per heavy atom. The normalized spacial score (nSPS) is 14.4. The van der Waals surface area contributed by atoms with Crippen LogP contribution in [-0.4, -0.2) is 24.4 Å². The summed E-state index contributed by atoms with van der Waals surface area (Å²) in [6, 6.07) is 8.42. The molecule has 2 aliphatic heterocycles. The minimum absolute atomic E-state index is 0.649. The molecule has 0 bridgehead atoms. The summed E-state index contributed by atoms with van der Waals surface area (Å²) in [6.45, 7) is 21.7. The highest BCUT2D eigenvalue weighted by Crippen LogP contribution is 2.12. The Morgan fingerprint density at radius 2 is 1.54 bits per heavy atom. The van der Waals surface area contributed by atoms with Crippen LogP contribution in [0.4, 0.5) is 0 Å². The monoisotopic (exact) mass is 380 g/mol. The van der Waals surface area contributed by atoms with Crippen LogP contribution in [-0.2, 0) is 13.1 Å². The van der Waals surface area contributed by atoms with Crippen molar-refractivity contribution in [2.75, 3.05) is 6.54 Å². The maximum Gasteiger partial charge on any atom is 0.120 e. The summed E-state index contributed by atoms with van der Waals surface area (Å²) in [6.07, 6.45) is 5.34. The van der Waals surface area contributed by atoms with E-state index in [1.54, 1.807) is 18.4 Å². The molecule has 4 nitrogen and oxygen atoms in total. The molecule has 0 aliphatic carbocycles. The Bertz CT molecular complexity index is 737. The molecule has 0 unspecified atom stereocenters. The number of hydrogen-bond acceptors (Lipinski definition) is 4. The zero-order chi connectivity index (χ0) is 21.4. The third kappa shape index (κ3) is 8.76. The first-order chi connectivity index (χ1) is 13.6. The van der Waals surface area contributed by atoms with E-state index in [2.05, 4.69) is 57.7 Å². The van der Waals surface area contributed by atoms with Gasteiger partial charge in [0.25, 0.3) is 0 Å². The van der Waals surface area contributed by atoms with Gasteiger partial charge in [0.1, 0.15) is 5.84 Å². The first-order valence-electron chi connectivity index (χ1n) is 9.99. The molecule has 3 rings (SSSR count). The van der Waals surface area contributed by atoms with Crippen molar-refractivity contribution < 1.29 is 0 Å². The van der Waals surface area contributed by atoms with Gasteiger partial charge in [0, 0.05) is 12.8 Å². The summed E-state index contributed by atoms with van der Waals surface area (Å²) < 4.78 is 0. The van der Waals surface area contributed by atoms with Crippen molar-refractivity contribution in [3.05, 3.63) is 71.8 Å². The van der Waals surface area contributed by atoms with Gasteiger partial charge in [-0.15, -0.1) is 0 Å². The van der Waals surface area contributed by atoms with Crippen molar-refractivity contribution in [1.82, 2.24) is 5.32 Å². The average molecular weight is 381 g/mol. The van der Waals surface area contributed by atoms with E-state index in [1.807, 2.05) is 41.5 Å². The van der Waals surface area contributed by atoms with E-state index < -0.39 is 0 Å². The van der Waals surface area contributed by atoms with Gasteiger partial charge in [0.2, 0.25) is 0 Å². The Morgan fingerprint density at radius 1 is 0.893 bits per heavy atom. The van der Waals surface area contributed by atoms with E-state index in [-0.39, 0.29) is 0 Å². The predicted octanol–water partition coefficient (Wildman–Crippen LogP) is 5.92. The SMILES string of the molecule is C=CC1=C(C=C)CN=C(C)N=C1.CC.CC.CC1=NCc2ccccc2CN1. The maximum atomic E-state index is 4.37. The molecule has 0 spiro atoms. The summed E-state index contributed by atoms with van der Waals surface area (Å²) in [5.74, 6) is 1.83. The molecule has 152 valence electrons. The third-order valence-corrected chi connectivity index (χ3v) is 3.85. The molecule has 28 heavy (non-hydrogen) atoms. The van der Waals surface area contributed by atoms with Crippen LogP contribution in [0.2, 0.25) is 0 Å².